The third-order valence-electron chi connectivity index (χ3n) is 20.2. The van der Waals surface area contributed by atoms with Gasteiger partial charge >= 0.3 is 0 Å². The van der Waals surface area contributed by atoms with Crippen molar-refractivity contribution < 1.29 is 9.47 Å². The lowest BCUT2D eigenvalue weighted by Crippen LogP contribution is -2.61. The number of para-hydroxylation sites is 8. The van der Waals surface area contributed by atoms with Gasteiger partial charge in [-0.05, 0) is 98.3 Å². The monoisotopic (exact) mass is 1220 g/mol. The smallest absolute Gasteiger partial charge is 0.252 e. The largest absolute Gasteiger partial charge is 0.456 e. The van der Waals surface area contributed by atoms with Crippen LogP contribution in [-0.4, -0.2) is 11.3 Å². The van der Waals surface area contributed by atoms with E-state index >= 15 is 0 Å². The Hall–Kier alpha value is -12.6. The summed E-state index contributed by atoms with van der Waals surface area (Å²) in [5.41, 5.74) is 30.1. The van der Waals surface area contributed by atoms with Crippen LogP contribution in [0, 0.1) is 0 Å². The average Bonchev–Trinajstić information content (AvgIpc) is 0.681. The Balaban J connectivity index is 1.06. The molecule has 0 spiro atoms. The molecule has 5 heterocycles. The summed E-state index contributed by atoms with van der Waals surface area (Å²) in [6, 6.07) is 125. The van der Waals surface area contributed by atoms with E-state index < -0.39 is 0 Å². The number of hydrogen-bond donors (Lipinski definition) is 0. The molecule has 20 rings (SSSR count). The van der Waals surface area contributed by atoms with Crippen molar-refractivity contribution in [3.63, 3.8) is 0 Å². The van der Waals surface area contributed by atoms with Crippen LogP contribution < -0.4 is 35.7 Å². The minimum absolute atomic E-state index is 0.363. The summed E-state index contributed by atoms with van der Waals surface area (Å²) in [6.45, 7) is -0.363. The molecule has 0 aliphatic carbocycles. The van der Waals surface area contributed by atoms with E-state index in [4.69, 9.17) is 9.47 Å². The van der Waals surface area contributed by atoms with Gasteiger partial charge in [-0.25, -0.2) is 0 Å². The van der Waals surface area contributed by atoms with Crippen molar-refractivity contribution >= 4 is 79.0 Å². The molecule has 5 nitrogen and oxygen atoms in total. The highest BCUT2D eigenvalue weighted by Gasteiger charge is 2.49. The lowest BCUT2D eigenvalue weighted by atomic mass is 9.33. The number of nitrogens with zero attached hydrogens (tertiary/aromatic N) is 3. The topological polar surface area (TPSA) is 29.9 Å². The maximum atomic E-state index is 7.51. The number of anilines is 6. The van der Waals surface area contributed by atoms with Gasteiger partial charge < -0.3 is 23.8 Å². The average molecular weight is 1220 g/mol. The van der Waals surface area contributed by atoms with Gasteiger partial charge in [-0.15, -0.1) is 0 Å². The van der Waals surface area contributed by atoms with Crippen LogP contribution in [0.5, 0.6) is 23.0 Å². The van der Waals surface area contributed by atoms with Gasteiger partial charge in [0, 0.05) is 77.8 Å². The molecule has 0 radical (unpaired) electrons. The second kappa shape index (κ2) is 21.5. The fraction of sp³-hybridized carbons (Fsp3) is 0. The van der Waals surface area contributed by atoms with Gasteiger partial charge in [0.15, 0.2) is 0 Å². The number of ether oxygens (including phenoxy) is 2. The quantitative estimate of drug-likeness (QED) is 0.161. The van der Waals surface area contributed by atoms with Gasteiger partial charge in [0.1, 0.15) is 23.0 Å². The van der Waals surface area contributed by atoms with Crippen LogP contribution >= 0.6 is 0 Å². The molecule has 1 aromatic heterocycles. The van der Waals surface area contributed by atoms with Crippen LogP contribution in [0.1, 0.15) is 0 Å². The van der Waals surface area contributed by atoms with Crippen molar-refractivity contribution in [3.05, 3.63) is 340 Å². The minimum atomic E-state index is -0.363. The second-order valence-electron chi connectivity index (χ2n) is 25.3. The van der Waals surface area contributed by atoms with Crippen molar-refractivity contribution in [1.82, 2.24) is 4.57 Å². The zero-order chi connectivity index (χ0) is 63.0. The summed E-state index contributed by atoms with van der Waals surface area (Å²) in [5, 5.41) is 2.37. The maximum absolute atomic E-state index is 7.51. The molecule has 0 saturated heterocycles. The lowest BCUT2D eigenvalue weighted by Gasteiger charge is -2.47. The van der Waals surface area contributed by atoms with E-state index in [1.54, 1.807) is 0 Å². The Morgan fingerprint density at radius 2 is 0.562 bits per heavy atom. The first-order valence-electron chi connectivity index (χ1n) is 33.0. The summed E-state index contributed by atoms with van der Waals surface area (Å²) in [5.74, 6) is 3.08. The molecule has 0 N–H and O–H groups in total. The fourth-order valence-corrected chi connectivity index (χ4v) is 16.2. The van der Waals surface area contributed by atoms with Gasteiger partial charge in [0.05, 0.1) is 39.5 Å². The van der Waals surface area contributed by atoms with Gasteiger partial charge in [-0.2, -0.15) is 0 Å². The van der Waals surface area contributed by atoms with Crippen LogP contribution in [0.15, 0.2) is 340 Å². The molecule has 96 heavy (non-hydrogen) atoms. The van der Waals surface area contributed by atoms with E-state index in [1.807, 2.05) is 0 Å². The van der Waals surface area contributed by atoms with Crippen LogP contribution in [0.3, 0.4) is 0 Å². The van der Waals surface area contributed by atoms with E-state index in [1.165, 1.54) is 27.2 Å². The number of benzene rings is 15. The zero-order valence-corrected chi connectivity index (χ0v) is 52.1. The van der Waals surface area contributed by atoms with Crippen molar-refractivity contribution in [1.29, 1.82) is 0 Å². The van der Waals surface area contributed by atoms with Crippen LogP contribution in [0.25, 0.3) is 117 Å². The highest BCUT2D eigenvalue weighted by Crippen LogP contribution is 2.61. The number of aromatic nitrogens is 1. The molecule has 0 bridgehead atoms. The van der Waals surface area contributed by atoms with Crippen molar-refractivity contribution in [2.75, 3.05) is 9.80 Å². The standard InChI is InChI=1S/C90H56BN3O2/c1-5-27-57(28-6-1)62-51-53-74-89-84(62)72-39-17-23-49-82(72)95-80-47-21-15-37-68(80)70-43-25-41-64(59-31-9-3-10-32-59)87(70)93(89)78-55-61(92-76-45-19-13-35-66(76)67-36-14-20-46-77(67)92)56-79-86(78)91(74)75-54-52-63(58-29-7-2-8-30-58)85-73-40-18-24-50-83(73)96-81-48-22-16-38-69(81)71-44-26-42-65(60-33-11-4-12-34-60)88(71)94(79)90(75)85/h1-56H. The molecule has 15 aromatic carbocycles. The zero-order valence-electron chi connectivity index (χ0n) is 52.1. The molecule has 0 fully saturated rings. The normalized spacial score (nSPS) is 12.7. The van der Waals surface area contributed by atoms with E-state index in [0.29, 0.717) is 0 Å². The van der Waals surface area contributed by atoms with Gasteiger partial charge in [0.25, 0.3) is 6.71 Å². The first-order valence-corrected chi connectivity index (χ1v) is 33.0. The summed E-state index contributed by atoms with van der Waals surface area (Å²) in [4.78, 5) is 5.41. The second-order valence-corrected chi connectivity index (χ2v) is 25.3. The molecule has 0 saturated carbocycles. The van der Waals surface area contributed by atoms with Crippen LogP contribution in [0.4, 0.5) is 34.1 Å². The molecule has 0 amide bonds. The fourth-order valence-electron chi connectivity index (χ4n) is 16.2. The van der Waals surface area contributed by atoms with Crippen molar-refractivity contribution in [2.45, 2.75) is 0 Å². The van der Waals surface area contributed by atoms with Gasteiger partial charge in [-0.1, -0.05) is 291 Å². The Morgan fingerprint density at radius 3 is 0.979 bits per heavy atom. The number of rotatable bonds is 5. The molecule has 4 aliphatic heterocycles. The Bertz CT molecular complexity index is 5510. The summed E-state index contributed by atoms with van der Waals surface area (Å²) >= 11 is 0. The Morgan fingerprint density at radius 1 is 0.240 bits per heavy atom. The van der Waals surface area contributed by atoms with Gasteiger partial charge in [-0.3, -0.25) is 0 Å². The van der Waals surface area contributed by atoms with E-state index in [-0.39, 0.29) is 6.71 Å². The van der Waals surface area contributed by atoms with Crippen LogP contribution in [0.2, 0.25) is 0 Å². The van der Waals surface area contributed by atoms with E-state index in [0.717, 1.165) is 163 Å². The molecule has 16 aromatic rings. The predicted molar refractivity (Wildman–Crippen MR) is 398 cm³/mol. The van der Waals surface area contributed by atoms with Crippen molar-refractivity contribution in [3.8, 4) is 118 Å². The van der Waals surface area contributed by atoms with E-state index in [2.05, 4.69) is 354 Å². The first kappa shape index (κ1) is 54.0. The predicted octanol–water partition coefficient (Wildman–Crippen LogP) is 22.4. The highest BCUT2D eigenvalue weighted by atomic mass is 16.5. The molecule has 0 atom stereocenters. The molecular formula is C90H56BN3O2. The summed E-state index contributed by atoms with van der Waals surface area (Å²) in [6.07, 6.45) is 0. The van der Waals surface area contributed by atoms with Gasteiger partial charge in [0.2, 0.25) is 0 Å². The minimum Gasteiger partial charge on any atom is -0.456 e. The highest BCUT2D eigenvalue weighted by molar-refractivity contribution is 7.00. The number of hydrogen-bond acceptors (Lipinski definition) is 4. The molecular weight excluding hydrogens is 1170 g/mol. The van der Waals surface area contributed by atoms with Crippen LogP contribution in [-0.2, 0) is 0 Å². The molecule has 0 unspecified atom stereocenters. The lowest BCUT2D eigenvalue weighted by molar-refractivity contribution is 0.486. The van der Waals surface area contributed by atoms with E-state index in [9.17, 15) is 0 Å². The van der Waals surface area contributed by atoms with Crippen molar-refractivity contribution in [2.24, 2.45) is 0 Å². The molecule has 4 aliphatic rings. The summed E-state index contributed by atoms with van der Waals surface area (Å²) < 4.78 is 17.5. The Labute approximate surface area is 557 Å². The first-order chi connectivity index (χ1) is 47.7. The Kier molecular flexibility index (Phi) is 12.1. The SMILES string of the molecule is c1ccc(-c2ccc3c4c2-c2ccccc2Oc2ccccc2-c2cccc(-c5ccccc5)c2N4c2cc(-n4c5ccccc5c5ccccc54)cc4c2B3c2ccc(-c3ccccc3)c3c2N4c2c(-c4ccccc4)cccc2-c2ccccc2Oc2ccccc2-3)cc1. The third kappa shape index (κ3) is 8.06. The maximum Gasteiger partial charge on any atom is 0.252 e. The third-order valence-corrected chi connectivity index (χ3v) is 20.2. The summed E-state index contributed by atoms with van der Waals surface area (Å²) in [7, 11) is 0. The number of fused-ring (bicyclic) bond motifs is 19. The molecule has 446 valence electrons. The molecule has 6 heteroatoms.